The second-order valence-corrected chi connectivity index (χ2v) is 6.13. The van der Waals surface area contributed by atoms with Crippen molar-refractivity contribution in [3.63, 3.8) is 0 Å². The van der Waals surface area contributed by atoms with Crippen molar-refractivity contribution in [3.8, 4) is 17.5 Å². The highest BCUT2D eigenvalue weighted by Crippen LogP contribution is 2.24. The molecule has 0 radical (unpaired) electrons. The summed E-state index contributed by atoms with van der Waals surface area (Å²) in [5.74, 6) is 0.417. The number of carbonyl (C=O) groups excluding carboxylic acids is 1. The van der Waals surface area contributed by atoms with Gasteiger partial charge in [0.15, 0.2) is 16.8 Å². The minimum absolute atomic E-state index is 0.0161. The van der Waals surface area contributed by atoms with Crippen LogP contribution in [-0.2, 0) is 11.8 Å². The molecule has 0 fully saturated rings. The molecule has 0 saturated heterocycles. The van der Waals surface area contributed by atoms with Gasteiger partial charge in [0.25, 0.3) is 0 Å². The normalized spacial score (nSPS) is 11.7. The van der Waals surface area contributed by atoms with E-state index < -0.39 is 0 Å². The van der Waals surface area contributed by atoms with Gasteiger partial charge in [-0.15, -0.1) is 10.2 Å². The third-order valence-electron chi connectivity index (χ3n) is 3.05. The van der Waals surface area contributed by atoms with Crippen LogP contribution >= 0.6 is 23.4 Å². The first-order valence-electron chi connectivity index (χ1n) is 6.61. The van der Waals surface area contributed by atoms with Crippen LogP contribution in [0.1, 0.15) is 6.92 Å². The van der Waals surface area contributed by atoms with Gasteiger partial charge in [-0.3, -0.25) is 4.79 Å². The van der Waals surface area contributed by atoms with Gasteiger partial charge in [-0.2, -0.15) is 5.26 Å². The number of allylic oxidation sites excluding steroid dienone is 2. The summed E-state index contributed by atoms with van der Waals surface area (Å²) in [6, 6.07) is 9.07. The van der Waals surface area contributed by atoms with Gasteiger partial charge >= 0.3 is 0 Å². The van der Waals surface area contributed by atoms with Gasteiger partial charge in [-0.1, -0.05) is 23.4 Å². The molecule has 1 aromatic carbocycles. The van der Waals surface area contributed by atoms with E-state index >= 15 is 0 Å². The Balaban J connectivity index is 2.15. The number of aromatic nitrogens is 3. The third-order valence-corrected chi connectivity index (χ3v) is 4.33. The Labute approximate surface area is 143 Å². The van der Waals surface area contributed by atoms with E-state index in [9.17, 15) is 4.79 Å². The number of carbonyl (C=O) groups is 1. The van der Waals surface area contributed by atoms with Crippen molar-refractivity contribution >= 4 is 29.1 Å². The number of nitriles is 1. The minimum atomic E-state index is -0.325. The first-order chi connectivity index (χ1) is 10.9. The largest absolute Gasteiger partial charge is 0.401 e. The Hall–Kier alpha value is -2.30. The summed E-state index contributed by atoms with van der Waals surface area (Å²) in [5.41, 5.74) is 6.60. The molecular formula is C15H14ClN5OS. The summed E-state index contributed by atoms with van der Waals surface area (Å²) in [5, 5.41) is 18.4. The SMILES string of the molecule is CC(N)=C(C#N)C(=O)CSc1nnc(-c2ccc(Cl)cc2)n1C. The van der Waals surface area contributed by atoms with Crippen LogP contribution in [0.15, 0.2) is 40.7 Å². The quantitative estimate of drug-likeness (QED) is 0.507. The average molecular weight is 348 g/mol. The Bertz CT molecular complexity index is 800. The molecule has 0 bridgehead atoms. The van der Waals surface area contributed by atoms with Crippen molar-refractivity contribution in [2.45, 2.75) is 12.1 Å². The van der Waals surface area contributed by atoms with E-state index in [1.807, 2.05) is 25.2 Å². The van der Waals surface area contributed by atoms with Gasteiger partial charge in [-0.05, 0) is 31.2 Å². The molecule has 2 rings (SSSR count). The third kappa shape index (κ3) is 3.92. The van der Waals surface area contributed by atoms with E-state index in [1.54, 1.807) is 16.7 Å². The molecule has 6 nitrogen and oxygen atoms in total. The molecule has 118 valence electrons. The second kappa shape index (κ2) is 7.31. The van der Waals surface area contributed by atoms with Crippen molar-refractivity contribution in [3.05, 3.63) is 40.6 Å². The maximum absolute atomic E-state index is 12.0. The van der Waals surface area contributed by atoms with Gasteiger partial charge in [0.2, 0.25) is 0 Å². The molecule has 1 aromatic heterocycles. The van der Waals surface area contributed by atoms with Crippen LogP contribution in [0.2, 0.25) is 5.02 Å². The highest BCUT2D eigenvalue weighted by atomic mass is 35.5. The van der Waals surface area contributed by atoms with Gasteiger partial charge in [0.1, 0.15) is 11.6 Å². The lowest BCUT2D eigenvalue weighted by atomic mass is 10.2. The lowest BCUT2D eigenvalue weighted by Crippen LogP contribution is -2.10. The summed E-state index contributed by atoms with van der Waals surface area (Å²) in [6.45, 7) is 1.53. The number of ketones is 1. The molecule has 1 heterocycles. The van der Waals surface area contributed by atoms with Crippen LogP contribution in [0.4, 0.5) is 0 Å². The molecule has 0 aliphatic heterocycles. The Morgan fingerprint density at radius 1 is 1.39 bits per heavy atom. The molecular weight excluding hydrogens is 334 g/mol. The first kappa shape index (κ1) is 17.1. The zero-order valence-corrected chi connectivity index (χ0v) is 14.1. The highest BCUT2D eigenvalue weighted by molar-refractivity contribution is 7.99. The molecule has 0 atom stereocenters. The van der Waals surface area contributed by atoms with E-state index in [-0.39, 0.29) is 22.8 Å². The number of rotatable bonds is 5. The van der Waals surface area contributed by atoms with E-state index in [4.69, 9.17) is 22.6 Å². The standard InChI is InChI=1S/C15H14ClN5OS/c1-9(18)12(7-17)13(22)8-23-15-20-19-14(21(15)2)10-3-5-11(16)6-4-10/h3-6H,8,18H2,1-2H3. The zero-order chi connectivity index (χ0) is 17.0. The highest BCUT2D eigenvalue weighted by Gasteiger charge is 2.16. The molecule has 0 saturated carbocycles. The molecule has 23 heavy (non-hydrogen) atoms. The first-order valence-corrected chi connectivity index (χ1v) is 7.98. The fourth-order valence-corrected chi connectivity index (χ4v) is 2.77. The molecule has 2 N–H and O–H groups in total. The van der Waals surface area contributed by atoms with Crippen molar-refractivity contribution in [1.29, 1.82) is 5.26 Å². The van der Waals surface area contributed by atoms with E-state index in [2.05, 4.69) is 10.2 Å². The molecule has 8 heteroatoms. The number of halogens is 1. The summed E-state index contributed by atoms with van der Waals surface area (Å²) < 4.78 is 1.78. The number of hydrogen-bond donors (Lipinski definition) is 1. The van der Waals surface area contributed by atoms with Crippen molar-refractivity contribution < 1.29 is 4.79 Å². The molecule has 0 spiro atoms. The fraction of sp³-hybridized carbons (Fsp3) is 0.200. The monoisotopic (exact) mass is 347 g/mol. The summed E-state index contributed by atoms with van der Waals surface area (Å²) >= 11 is 7.08. The number of thioether (sulfide) groups is 1. The molecule has 0 unspecified atom stereocenters. The molecule has 0 aliphatic carbocycles. The van der Waals surface area contributed by atoms with Gasteiger partial charge in [-0.25, -0.2) is 0 Å². The number of nitrogens with two attached hydrogens (primary N) is 1. The zero-order valence-electron chi connectivity index (χ0n) is 12.6. The minimum Gasteiger partial charge on any atom is -0.401 e. The summed E-state index contributed by atoms with van der Waals surface area (Å²) in [7, 11) is 1.81. The van der Waals surface area contributed by atoms with Crippen LogP contribution in [0, 0.1) is 11.3 Å². The maximum Gasteiger partial charge on any atom is 0.191 e. The smallest absolute Gasteiger partial charge is 0.191 e. The van der Waals surface area contributed by atoms with Crippen LogP contribution < -0.4 is 5.73 Å². The van der Waals surface area contributed by atoms with Crippen LogP contribution in [0.3, 0.4) is 0 Å². The Morgan fingerprint density at radius 3 is 2.61 bits per heavy atom. The summed E-state index contributed by atoms with van der Waals surface area (Å²) in [4.78, 5) is 12.0. The van der Waals surface area contributed by atoms with Crippen molar-refractivity contribution in [1.82, 2.24) is 14.8 Å². The fourth-order valence-electron chi connectivity index (χ4n) is 1.86. The topological polar surface area (TPSA) is 97.6 Å². The lowest BCUT2D eigenvalue weighted by molar-refractivity contribution is -0.112. The molecule has 0 aliphatic rings. The molecule has 0 amide bonds. The van der Waals surface area contributed by atoms with Crippen molar-refractivity contribution in [2.24, 2.45) is 12.8 Å². The van der Waals surface area contributed by atoms with Crippen LogP contribution in [0.25, 0.3) is 11.4 Å². The van der Waals surface area contributed by atoms with Crippen LogP contribution in [-0.4, -0.2) is 26.3 Å². The van der Waals surface area contributed by atoms with Gasteiger partial charge in [0.05, 0.1) is 5.75 Å². The maximum atomic E-state index is 12.0. The number of hydrogen-bond acceptors (Lipinski definition) is 6. The van der Waals surface area contributed by atoms with Gasteiger partial charge < -0.3 is 10.3 Å². The van der Waals surface area contributed by atoms with Crippen molar-refractivity contribution in [2.75, 3.05) is 5.75 Å². The number of nitrogens with zero attached hydrogens (tertiary/aromatic N) is 4. The number of Topliss-reactive ketones (excluding diaryl/α,β-unsaturated/α-hetero) is 1. The molecule has 2 aromatic rings. The lowest BCUT2D eigenvalue weighted by Gasteiger charge is -2.04. The summed E-state index contributed by atoms with van der Waals surface area (Å²) in [6.07, 6.45) is 0. The van der Waals surface area contributed by atoms with E-state index in [0.717, 1.165) is 5.56 Å². The Kier molecular flexibility index (Phi) is 5.42. The van der Waals surface area contributed by atoms with Crippen LogP contribution in [0.5, 0.6) is 0 Å². The van der Waals surface area contributed by atoms with E-state index in [1.165, 1.54) is 18.7 Å². The number of benzene rings is 1. The Morgan fingerprint density at radius 2 is 2.04 bits per heavy atom. The second-order valence-electron chi connectivity index (χ2n) is 4.75. The van der Waals surface area contributed by atoms with E-state index in [0.29, 0.717) is 16.0 Å². The average Bonchev–Trinajstić information content (AvgIpc) is 2.87. The predicted molar refractivity (Wildman–Crippen MR) is 89.7 cm³/mol. The van der Waals surface area contributed by atoms with Gasteiger partial charge in [0, 0.05) is 23.3 Å². The predicted octanol–water partition coefficient (Wildman–Crippen LogP) is 2.55.